The SMILES string of the molecule is CCOc1nc(OC)c(CN2C[C@@H]3CN(C(=O)c4cnc(C)cn4)CCN3[C@H](C(c3ccccc3)c3ccccc3)C2)c(OCC(F)(F)F)n1. The molecule has 0 N–H and O–H groups in total. The fourth-order valence-corrected chi connectivity index (χ4v) is 6.86. The summed E-state index contributed by atoms with van der Waals surface area (Å²) in [6.45, 7) is 4.96. The van der Waals surface area contributed by atoms with Gasteiger partial charge in [-0.3, -0.25) is 19.6 Å². The monoisotopic (exact) mass is 691 g/mol. The highest BCUT2D eigenvalue weighted by Gasteiger charge is 2.44. The van der Waals surface area contributed by atoms with E-state index < -0.39 is 12.8 Å². The van der Waals surface area contributed by atoms with Gasteiger partial charge in [-0.1, -0.05) is 60.7 Å². The number of aromatic nitrogens is 4. The van der Waals surface area contributed by atoms with Crippen LogP contribution in [0.25, 0.3) is 0 Å². The lowest BCUT2D eigenvalue weighted by Crippen LogP contribution is -2.67. The van der Waals surface area contributed by atoms with Crippen molar-refractivity contribution in [2.24, 2.45) is 0 Å². The van der Waals surface area contributed by atoms with E-state index in [-0.39, 0.29) is 66.1 Å². The van der Waals surface area contributed by atoms with Gasteiger partial charge in [0.15, 0.2) is 6.61 Å². The zero-order valence-electron chi connectivity index (χ0n) is 28.2. The third-order valence-corrected chi connectivity index (χ3v) is 8.99. The van der Waals surface area contributed by atoms with Gasteiger partial charge in [0.2, 0.25) is 11.8 Å². The lowest BCUT2D eigenvalue weighted by molar-refractivity contribution is -0.154. The molecule has 0 bridgehead atoms. The molecule has 2 saturated heterocycles. The Bertz CT molecular complexity index is 1690. The predicted octanol–water partition coefficient (Wildman–Crippen LogP) is 4.77. The molecule has 2 fully saturated rings. The topological polar surface area (TPSA) is 106 Å². The number of aryl methyl sites for hydroxylation is 1. The van der Waals surface area contributed by atoms with E-state index in [4.69, 9.17) is 14.2 Å². The normalized spacial score (nSPS) is 18.5. The van der Waals surface area contributed by atoms with Crippen LogP contribution in [0.1, 0.15) is 45.7 Å². The highest BCUT2D eigenvalue weighted by atomic mass is 19.4. The molecule has 2 aliphatic heterocycles. The van der Waals surface area contributed by atoms with E-state index in [0.29, 0.717) is 32.7 Å². The number of hydrogen-bond acceptors (Lipinski definition) is 10. The van der Waals surface area contributed by atoms with E-state index in [1.165, 1.54) is 13.3 Å². The number of nitrogens with zero attached hydrogens (tertiary/aromatic N) is 7. The summed E-state index contributed by atoms with van der Waals surface area (Å²) in [4.78, 5) is 37.2. The second kappa shape index (κ2) is 15.4. The molecule has 0 aliphatic carbocycles. The number of halogens is 3. The molecule has 4 aromatic rings. The zero-order valence-corrected chi connectivity index (χ0v) is 28.2. The second-order valence-electron chi connectivity index (χ2n) is 12.4. The van der Waals surface area contributed by atoms with Crippen molar-refractivity contribution < 1.29 is 32.2 Å². The molecule has 4 heterocycles. The molecule has 0 saturated carbocycles. The Balaban J connectivity index is 1.38. The largest absolute Gasteiger partial charge is 0.481 e. The van der Waals surface area contributed by atoms with Gasteiger partial charge in [-0.25, -0.2) is 4.98 Å². The van der Waals surface area contributed by atoms with E-state index in [1.54, 1.807) is 18.0 Å². The summed E-state index contributed by atoms with van der Waals surface area (Å²) >= 11 is 0. The molecule has 0 radical (unpaired) electrons. The molecule has 2 aromatic carbocycles. The van der Waals surface area contributed by atoms with E-state index in [0.717, 1.165) is 16.8 Å². The molecule has 2 aliphatic rings. The Morgan fingerprint density at radius 3 is 2.18 bits per heavy atom. The number of carbonyl (C=O) groups is 1. The van der Waals surface area contributed by atoms with Crippen LogP contribution in [0.3, 0.4) is 0 Å². The Morgan fingerprint density at radius 1 is 0.900 bits per heavy atom. The minimum atomic E-state index is -4.59. The highest BCUT2D eigenvalue weighted by molar-refractivity contribution is 5.92. The quantitative estimate of drug-likeness (QED) is 0.219. The van der Waals surface area contributed by atoms with Gasteiger partial charge in [-0.15, -0.1) is 0 Å². The summed E-state index contributed by atoms with van der Waals surface area (Å²) in [5.74, 6) is -0.427. The lowest BCUT2D eigenvalue weighted by Gasteiger charge is -2.53. The third-order valence-electron chi connectivity index (χ3n) is 8.99. The number of alkyl halides is 3. The van der Waals surface area contributed by atoms with Gasteiger partial charge < -0.3 is 19.1 Å². The third kappa shape index (κ3) is 8.13. The molecule has 6 rings (SSSR count). The number of fused-ring (bicyclic) bond motifs is 1. The predicted molar refractivity (Wildman–Crippen MR) is 178 cm³/mol. The van der Waals surface area contributed by atoms with Crippen molar-refractivity contribution in [1.82, 2.24) is 34.6 Å². The standard InChI is InChI=1S/C36H40F3N7O4/c1-4-49-35-42-32(48-3)28(33(43-35)50-23-36(37,38)39)21-44-19-27-20-45(34(47)29-18-40-24(2)17-41-29)15-16-46(27)30(22-44)31(25-11-7-5-8-12-25)26-13-9-6-10-14-26/h5-14,17-18,27,30-31H,4,15-16,19-23H2,1-3H3/t27-,30+/m1/s1. The molecule has 1 amide bonds. The Kier molecular flexibility index (Phi) is 10.8. The van der Waals surface area contributed by atoms with Gasteiger partial charge in [0.25, 0.3) is 5.91 Å². The first-order valence-corrected chi connectivity index (χ1v) is 16.6. The molecule has 2 atom stereocenters. The summed E-state index contributed by atoms with van der Waals surface area (Å²) in [6.07, 6.45) is -1.51. The summed E-state index contributed by atoms with van der Waals surface area (Å²) in [7, 11) is 1.40. The molecule has 50 heavy (non-hydrogen) atoms. The lowest BCUT2D eigenvalue weighted by atomic mass is 9.81. The Morgan fingerprint density at radius 2 is 1.58 bits per heavy atom. The first kappa shape index (κ1) is 35.0. The molecular formula is C36H40F3N7O4. The number of benzene rings is 2. The maximum atomic E-state index is 13.6. The van der Waals surface area contributed by atoms with Crippen molar-refractivity contribution in [3.05, 3.63) is 101 Å². The van der Waals surface area contributed by atoms with Crippen molar-refractivity contribution in [3.63, 3.8) is 0 Å². The summed E-state index contributed by atoms with van der Waals surface area (Å²) in [5, 5.41) is 0. The van der Waals surface area contributed by atoms with Crippen LogP contribution in [0, 0.1) is 6.92 Å². The number of ether oxygens (including phenoxy) is 3. The second-order valence-corrected chi connectivity index (χ2v) is 12.4. The maximum Gasteiger partial charge on any atom is 0.422 e. The van der Waals surface area contributed by atoms with Gasteiger partial charge in [0, 0.05) is 63.5 Å². The van der Waals surface area contributed by atoms with E-state index in [2.05, 4.69) is 54.0 Å². The Hall–Kier alpha value is -4.82. The summed E-state index contributed by atoms with van der Waals surface area (Å²) < 4.78 is 56.4. The van der Waals surface area contributed by atoms with Crippen LogP contribution in [-0.2, 0) is 6.54 Å². The summed E-state index contributed by atoms with van der Waals surface area (Å²) in [6, 6.07) is 20.2. The van der Waals surface area contributed by atoms with Crippen LogP contribution in [0.5, 0.6) is 17.8 Å². The van der Waals surface area contributed by atoms with Crippen molar-refractivity contribution in [1.29, 1.82) is 0 Å². The number of methoxy groups -OCH3 is 1. The van der Waals surface area contributed by atoms with Crippen LogP contribution in [0.4, 0.5) is 13.2 Å². The van der Waals surface area contributed by atoms with E-state index >= 15 is 0 Å². The molecule has 0 spiro atoms. The average Bonchev–Trinajstić information content (AvgIpc) is 3.12. The van der Waals surface area contributed by atoms with Gasteiger partial charge in [-0.05, 0) is 25.0 Å². The maximum absolute atomic E-state index is 13.6. The molecule has 14 heteroatoms. The van der Waals surface area contributed by atoms with E-state index in [9.17, 15) is 18.0 Å². The highest BCUT2D eigenvalue weighted by Crippen LogP contribution is 2.38. The van der Waals surface area contributed by atoms with Gasteiger partial charge in [0.1, 0.15) is 5.69 Å². The number of piperazine rings is 2. The van der Waals surface area contributed by atoms with E-state index in [1.807, 2.05) is 43.3 Å². The minimum absolute atomic E-state index is 0.0488. The fourth-order valence-electron chi connectivity index (χ4n) is 6.86. The fraction of sp³-hybridized carbons (Fsp3) is 0.417. The first-order valence-electron chi connectivity index (χ1n) is 16.6. The van der Waals surface area contributed by atoms with Crippen molar-refractivity contribution in [2.45, 2.75) is 44.6 Å². The van der Waals surface area contributed by atoms with Crippen LogP contribution in [0.15, 0.2) is 73.1 Å². The number of amides is 1. The van der Waals surface area contributed by atoms with Gasteiger partial charge in [-0.2, -0.15) is 23.1 Å². The van der Waals surface area contributed by atoms with Crippen molar-refractivity contribution in [3.8, 4) is 17.8 Å². The smallest absolute Gasteiger partial charge is 0.422 e. The average molecular weight is 692 g/mol. The summed E-state index contributed by atoms with van der Waals surface area (Å²) in [5.41, 5.74) is 3.55. The number of carbonyl (C=O) groups excluding carboxylic acids is 1. The number of rotatable bonds is 11. The molecule has 11 nitrogen and oxygen atoms in total. The molecule has 2 aromatic heterocycles. The number of hydrogen-bond donors (Lipinski definition) is 0. The molecule has 264 valence electrons. The Labute approximate surface area is 289 Å². The zero-order chi connectivity index (χ0) is 35.3. The molecule has 0 unspecified atom stereocenters. The van der Waals surface area contributed by atoms with Crippen LogP contribution in [0.2, 0.25) is 0 Å². The van der Waals surface area contributed by atoms with Crippen LogP contribution >= 0.6 is 0 Å². The van der Waals surface area contributed by atoms with Crippen LogP contribution < -0.4 is 14.2 Å². The van der Waals surface area contributed by atoms with Crippen molar-refractivity contribution in [2.75, 3.05) is 53.0 Å². The van der Waals surface area contributed by atoms with Gasteiger partial charge in [0.05, 0.1) is 31.2 Å². The van der Waals surface area contributed by atoms with Crippen molar-refractivity contribution >= 4 is 5.91 Å². The van der Waals surface area contributed by atoms with Crippen LogP contribution in [-0.4, -0.2) is 112 Å². The van der Waals surface area contributed by atoms with Gasteiger partial charge >= 0.3 is 12.2 Å². The first-order chi connectivity index (χ1) is 24.1. The minimum Gasteiger partial charge on any atom is -0.481 e. The molecular weight excluding hydrogens is 651 g/mol.